The minimum Gasteiger partial charge on any atom is -0.353 e. The third kappa shape index (κ3) is 7.22. The molecule has 0 aromatic heterocycles. The van der Waals surface area contributed by atoms with Crippen LogP contribution in [0.3, 0.4) is 0 Å². The van der Waals surface area contributed by atoms with Crippen LogP contribution >= 0.6 is 15.9 Å². The van der Waals surface area contributed by atoms with Crippen molar-refractivity contribution >= 4 is 15.9 Å². The molecule has 0 amide bonds. The summed E-state index contributed by atoms with van der Waals surface area (Å²) < 4.78 is 12.6. The van der Waals surface area contributed by atoms with Crippen molar-refractivity contribution in [1.29, 1.82) is 0 Å². The van der Waals surface area contributed by atoms with Gasteiger partial charge in [-0.25, -0.2) is 0 Å². The molecular weight excluding hydrogens is 280 g/mol. The van der Waals surface area contributed by atoms with E-state index in [1.54, 1.807) is 0 Å². The summed E-state index contributed by atoms with van der Waals surface area (Å²) >= 11 is 3.64. The van der Waals surface area contributed by atoms with Crippen LogP contribution in [0.4, 0.5) is 0 Å². The summed E-state index contributed by atoms with van der Waals surface area (Å²) in [4.78, 5) is 0. The molecule has 0 saturated heterocycles. The number of allylic oxidation sites excluding steroid dienone is 1. The minimum atomic E-state index is -0.107. The third-order valence-corrected chi connectivity index (χ3v) is 3.70. The van der Waals surface area contributed by atoms with Crippen molar-refractivity contribution in [2.75, 3.05) is 6.61 Å². The fraction of sp³-hybridized carbons (Fsp3) is 0.857. The fourth-order valence-electron chi connectivity index (χ4n) is 2.17. The molecule has 0 aromatic carbocycles. The SMILES string of the molecule is CCOC(C)OC1C=C(Br)CCCCCCC1. The number of rotatable bonds is 4. The standard InChI is InChI=1S/C14H25BrO2/c1-3-16-12(2)17-14-10-8-6-4-5-7-9-13(15)11-14/h11-12,14H,3-10H2,1-2H3. The van der Waals surface area contributed by atoms with Crippen LogP contribution in [-0.2, 0) is 9.47 Å². The first-order valence-electron chi connectivity index (χ1n) is 6.85. The molecule has 17 heavy (non-hydrogen) atoms. The quantitative estimate of drug-likeness (QED) is 0.696. The van der Waals surface area contributed by atoms with Crippen LogP contribution < -0.4 is 0 Å². The van der Waals surface area contributed by atoms with Crippen LogP contribution in [0, 0.1) is 0 Å². The van der Waals surface area contributed by atoms with Gasteiger partial charge in [-0.15, -0.1) is 0 Å². The highest BCUT2D eigenvalue weighted by Gasteiger charge is 2.12. The number of halogens is 1. The Morgan fingerprint density at radius 1 is 1.29 bits per heavy atom. The van der Waals surface area contributed by atoms with Gasteiger partial charge in [-0.2, -0.15) is 0 Å². The lowest BCUT2D eigenvalue weighted by molar-refractivity contribution is -0.147. The number of ether oxygens (including phenoxy) is 2. The van der Waals surface area contributed by atoms with Gasteiger partial charge in [-0.1, -0.05) is 41.6 Å². The summed E-state index contributed by atoms with van der Waals surface area (Å²) in [6, 6.07) is 0. The van der Waals surface area contributed by atoms with E-state index in [1.165, 1.54) is 36.6 Å². The Morgan fingerprint density at radius 3 is 2.76 bits per heavy atom. The Labute approximate surface area is 114 Å². The van der Waals surface area contributed by atoms with Gasteiger partial charge in [-0.05, 0) is 43.7 Å². The van der Waals surface area contributed by atoms with Gasteiger partial charge in [0.05, 0.1) is 6.10 Å². The van der Waals surface area contributed by atoms with Gasteiger partial charge < -0.3 is 9.47 Å². The van der Waals surface area contributed by atoms with Crippen molar-refractivity contribution < 1.29 is 9.47 Å². The van der Waals surface area contributed by atoms with Gasteiger partial charge in [0.2, 0.25) is 0 Å². The molecule has 0 aliphatic heterocycles. The van der Waals surface area contributed by atoms with Crippen LogP contribution in [0.15, 0.2) is 10.6 Å². The number of hydrogen-bond donors (Lipinski definition) is 0. The summed E-state index contributed by atoms with van der Waals surface area (Å²) in [6.07, 6.45) is 11.1. The van der Waals surface area contributed by atoms with Crippen molar-refractivity contribution in [3.05, 3.63) is 10.6 Å². The molecule has 1 rings (SSSR count). The van der Waals surface area contributed by atoms with Crippen LogP contribution in [0.5, 0.6) is 0 Å². The van der Waals surface area contributed by atoms with E-state index in [2.05, 4.69) is 22.0 Å². The molecule has 0 aromatic rings. The van der Waals surface area contributed by atoms with Gasteiger partial charge in [0.25, 0.3) is 0 Å². The lowest BCUT2D eigenvalue weighted by atomic mass is 10.0. The van der Waals surface area contributed by atoms with Crippen LogP contribution in [0.25, 0.3) is 0 Å². The van der Waals surface area contributed by atoms with E-state index in [0.717, 1.165) is 12.8 Å². The highest BCUT2D eigenvalue weighted by Crippen LogP contribution is 2.22. The van der Waals surface area contributed by atoms with Crippen molar-refractivity contribution in [3.8, 4) is 0 Å². The summed E-state index contributed by atoms with van der Waals surface area (Å²) in [6.45, 7) is 4.68. The monoisotopic (exact) mass is 304 g/mol. The van der Waals surface area contributed by atoms with E-state index in [0.29, 0.717) is 6.61 Å². The Kier molecular flexibility index (Phi) is 8.15. The smallest absolute Gasteiger partial charge is 0.155 e. The molecule has 0 radical (unpaired) electrons. The van der Waals surface area contributed by atoms with Gasteiger partial charge in [0.15, 0.2) is 6.29 Å². The van der Waals surface area contributed by atoms with Gasteiger partial charge in [0, 0.05) is 6.61 Å². The summed E-state index contributed by atoms with van der Waals surface area (Å²) in [5.74, 6) is 0. The molecule has 0 bridgehead atoms. The maximum absolute atomic E-state index is 5.91. The molecule has 0 fully saturated rings. The van der Waals surface area contributed by atoms with Crippen LogP contribution in [0.2, 0.25) is 0 Å². The molecule has 0 spiro atoms. The third-order valence-electron chi connectivity index (χ3n) is 3.04. The molecule has 0 N–H and O–H groups in total. The Morgan fingerprint density at radius 2 is 2.00 bits per heavy atom. The first kappa shape index (κ1) is 15.2. The van der Waals surface area contributed by atoms with E-state index in [-0.39, 0.29) is 12.4 Å². The lowest BCUT2D eigenvalue weighted by Gasteiger charge is -2.21. The Bertz CT molecular complexity index is 228. The summed E-state index contributed by atoms with van der Waals surface area (Å²) in [7, 11) is 0. The fourth-order valence-corrected chi connectivity index (χ4v) is 2.74. The van der Waals surface area contributed by atoms with E-state index < -0.39 is 0 Å². The molecule has 3 heteroatoms. The first-order chi connectivity index (χ1) is 8.22. The average molecular weight is 305 g/mol. The Hall–Kier alpha value is 0.140. The molecule has 2 unspecified atom stereocenters. The predicted octanol–water partition coefficient (Wildman–Crippen LogP) is 4.78. The second kappa shape index (κ2) is 9.12. The first-order valence-corrected chi connectivity index (χ1v) is 7.65. The van der Waals surface area contributed by atoms with Gasteiger partial charge >= 0.3 is 0 Å². The van der Waals surface area contributed by atoms with Crippen LogP contribution in [-0.4, -0.2) is 19.0 Å². The van der Waals surface area contributed by atoms with Gasteiger partial charge in [0.1, 0.15) is 0 Å². The second-order valence-electron chi connectivity index (χ2n) is 4.62. The lowest BCUT2D eigenvalue weighted by Crippen LogP contribution is -2.21. The maximum atomic E-state index is 5.91. The minimum absolute atomic E-state index is 0.107. The number of hydrogen-bond acceptors (Lipinski definition) is 2. The molecule has 2 atom stereocenters. The molecule has 0 saturated carbocycles. The van der Waals surface area contributed by atoms with E-state index in [1.807, 2.05) is 13.8 Å². The maximum Gasteiger partial charge on any atom is 0.155 e. The predicted molar refractivity (Wildman–Crippen MR) is 75.3 cm³/mol. The summed E-state index contributed by atoms with van der Waals surface area (Å²) in [5.41, 5.74) is 0. The van der Waals surface area contributed by atoms with E-state index in [9.17, 15) is 0 Å². The molecule has 1 aliphatic carbocycles. The van der Waals surface area contributed by atoms with Crippen molar-refractivity contribution in [2.45, 2.75) is 71.2 Å². The normalized spacial score (nSPS) is 25.1. The molecular formula is C14H25BrO2. The van der Waals surface area contributed by atoms with Gasteiger partial charge in [-0.3, -0.25) is 0 Å². The molecule has 2 nitrogen and oxygen atoms in total. The van der Waals surface area contributed by atoms with Crippen LogP contribution in [0.1, 0.15) is 58.8 Å². The highest BCUT2D eigenvalue weighted by atomic mass is 79.9. The van der Waals surface area contributed by atoms with E-state index >= 15 is 0 Å². The zero-order valence-electron chi connectivity index (χ0n) is 11.1. The van der Waals surface area contributed by atoms with Crippen molar-refractivity contribution in [1.82, 2.24) is 0 Å². The van der Waals surface area contributed by atoms with Crippen molar-refractivity contribution in [3.63, 3.8) is 0 Å². The Balaban J connectivity index is 2.48. The highest BCUT2D eigenvalue weighted by molar-refractivity contribution is 9.11. The zero-order valence-corrected chi connectivity index (χ0v) is 12.7. The second-order valence-corrected chi connectivity index (χ2v) is 5.64. The molecule has 0 heterocycles. The molecule has 1 aliphatic rings. The van der Waals surface area contributed by atoms with E-state index in [4.69, 9.17) is 9.47 Å². The zero-order chi connectivity index (χ0) is 12.5. The summed E-state index contributed by atoms with van der Waals surface area (Å²) in [5, 5.41) is 0. The molecule has 100 valence electrons. The largest absolute Gasteiger partial charge is 0.353 e. The topological polar surface area (TPSA) is 18.5 Å². The van der Waals surface area contributed by atoms with Crippen molar-refractivity contribution in [2.24, 2.45) is 0 Å². The average Bonchev–Trinajstić information content (AvgIpc) is 2.28.